The predicted molar refractivity (Wildman–Crippen MR) is 106 cm³/mol. The minimum Gasteiger partial charge on any atom is -0.261 e. The lowest BCUT2D eigenvalue weighted by Crippen LogP contribution is -2.27. The van der Waals surface area contributed by atoms with E-state index in [1.54, 1.807) is 12.1 Å². The molecule has 1 aliphatic rings. The van der Waals surface area contributed by atoms with Gasteiger partial charge in [-0.05, 0) is 52.9 Å². The third-order valence-electron chi connectivity index (χ3n) is 5.14. The van der Waals surface area contributed by atoms with Gasteiger partial charge in [-0.3, -0.25) is 4.31 Å². The SMILES string of the molecule is Cc1ccc(S(=O)(=O)N2Cc3cc4ccccc4c4cccc2c34)cc1. The largest absolute Gasteiger partial charge is 0.264 e. The van der Waals surface area contributed by atoms with E-state index < -0.39 is 10.0 Å². The van der Waals surface area contributed by atoms with Crippen LogP contribution in [0.1, 0.15) is 11.1 Å². The zero-order valence-electron chi connectivity index (χ0n) is 14.3. The molecule has 0 spiro atoms. The van der Waals surface area contributed by atoms with Gasteiger partial charge in [0.25, 0.3) is 10.0 Å². The van der Waals surface area contributed by atoms with Gasteiger partial charge in [-0.25, -0.2) is 8.42 Å². The fourth-order valence-electron chi connectivity index (χ4n) is 3.85. The van der Waals surface area contributed by atoms with Crippen LogP contribution in [0.4, 0.5) is 5.69 Å². The van der Waals surface area contributed by atoms with Crippen LogP contribution in [-0.2, 0) is 16.6 Å². The Balaban J connectivity index is 1.75. The van der Waals surface area contributed by atoms with E-state index in [0.717, 1.165) is 38.4 Å². The van der Waals surface area contributed by atoms with Crippen LogP contribution in [0.15, 0.2) is 77.7 Å². The van der Waals surface area contributed by atoms with Crippen LogP contribution in [0, 0.1) is 6.92 Å². The van der Waals surface area contributed by atoms with Gasteiger partial charge in [0.05, 0.1) is 17.1 Å². The number of aryl methyl sites for hydroxylation is 1. The zero-order valence-corrected chi connectivity index (χ0v) is 15.1. The maximum atomic E-state index is 13.3. The lowest BCUT2D eigenvalue weighted by atomic mass is 9.98. The van der Waals surface area contributed by atoms with E-state index in [9.17, 15) is 8.42 Å². The summed E-state index contributed by atoms with van der Waals surface area (Å²) in [6.07, 6.45) is 0. The summed E-state index contributed by atoms with van der Waals surface area (Å²) in [7, 11) is -3.60. The van der Waals surface area contributed by atoms with Crippen molar-refractivity contribution < 1.29 is 8.42 Å². The minimum absolute atomic E-state index is 0.331. The Morgan fingerprint density at radius 2 is 1.58 bits per heavy atom. The fourth-order valence-corrected chi connectivity index (χ4v) is 5.31. The van der Waals surface area contributed by atoms with Crippen molar-refractivity contribution in [1.29, 1.82) is 0 Å². The highest BCUT2D eigenvalue weighted by Crippen LogP contribution is 2.43. The third-order valence-corrected chi connectivity index (χ3v) is 6.91. The van der Waals surface area contributed by atoms with Crippen LogP contribution in [0.25, 0.3) is 21.5 Å². The summed E-state index contributed by atoms with van der Waals surface area (Å²) < 4.78 is 28.1. The van der Waals surface area contributed by atoms with Gasteiger partial charge >= 0.3 is 0 Å². The predicted octanol–water partition coefficient (Wildman–Crippen LogP) is 5.01. The van der Waals surface area contributed by atoms with Gasteiger partial charge in [-0.1, -0.05) is 54.1 Å². The highest BCUT2D eigenvalue weighted by Gasteiger charge is 2.32. The molecule has 0 atom stereocenters. The van der Waals surface area contributed by atoms with Crippen molar-refractivity contribution in [2.45, 2.75) is 18.4 Å². The average molecular weight is 359 g/mol. The summed E-state index contributed by atoms with van der Waals surface area (Å²) in [4.78, 5) is 0.331. The first-order chi connectivity index (χ1) is 12.6. The lowest BCUT2D eigenvalue weighted by molar-refractivity contribution is 0.591. The van der Waals surface area contributed by atoms with Gasteiger partial charge in [-0.15, -0.1) is 0 Å². The summed E-state index contributed by atoms with van der Waals surface area (Å²) in [5.74, 6) is 0. The van der Waals surface area contributed by atoms with Crippen molar-refractivity contribution in [3.8, 4) is 0 Å². The molecule has 4 aromatic carbocycles. The van der Waals surface area contributed by atoms with Crippen molar-refractivity contribution in [1.82, 2.24) is 0 Å². The Kier molecular flexibility index (Phi) is 3.15. The van der Waals surface area contributed by atoms with Crippen LogP contribution in [-0.4, -0.2) is 8.42 Å². The van der Waals surface area contributed by atoms with Crippen molar-refractivity contribution in [3.63, 3.8) is 0 Å². The topological polar surface area (TPSA) is 37.4 Å². The van der Waals surface area contributed by atoms with Gasteiger partial charge in [0.2, 0.25) is 0 Å². The van der Waals surface area contributed by atoms with E-state index in [0.29, 0.717) is 11.4 Å². The second kappa shape index (κ2) is 5.32. The number of fused-ring (bicyclic) bond motifs is 2. The number of benzene rings is 4. The molecule has 0 bridgehead atoms. The summed E-state index contributed by atoms with van der Waals surface area (Å²) >= 11 is 0. The molecule has 0 aromatic heterocycles. The van der Waals surface area contributed by atoms with E-state index in [1.807, 2.05) is 43.3 Å². The van der Waals surface area contributed by atoms with E-state index in [1.165, 1.54) is 4.31 Å². The maximum absolute atomic E-state index is 13.3. The molecule has 0 radical (unpaired) electrons. The normalized spacial score (nSPS) is 13.7. The number of rotatable bonds is 2. The molecule has 5 rings (SSSR count). The van der Waals surface area contributed by atoms with E-state index in [4.69, 9.17) is 0 Å². The number of hydrogen-bond acceptors (Lipinski definition) is 2. The van der Waals surface area contributed by atoms with Crippen LogP contribution < -0.4 is 4.31 Å². The Morgan fingerprint density at radius 1 is 0.846 bits per heavy atom. The molecular weight excluding hydrogens is 342 g/mol. The van der Waals surface area contributed by atoms with Crippen molar-refractivity contribution in [3.05, 3.63) is 83.9 Å². The first-order valence-electron chi connectivity index (χ1n) is 8.58. The van der Waals surface area contributed by atoms with Gasteiger partial charge < -0.3 is 0 Å². The maximum Gasteiger partial charge on any atom is 0.264 e. The van der Waals surface area contributed by atoms with Gasteiger partial charge in [-0.2, -0.15) is 0 Å². The van der Waals surface area contributed by atoms with Crippen LogP contribution in [0.5, 0.6) is 0 Å². The lowest BCUT2D eigenvalue weighted by Gasteiger charge is -2.20. The monoisotopic (exact) mass is 359 g/mol. The molecule has 3 nitrogen and oxygen atoms in total. The van der Waals surface area contributed by atoms with E-state index >= 15 is 0 Å². The molecule has 128 valence electrons. The highest BCUT2D eigenvalue weighted by atomic mass is 32.2. The number of anilines is 1. The summed E-state index contributed by atoms with van der Waals surface area (Å²) in [5, 5.41) is 4.45. The van der Waals surface area contributed by atoms with Gasteiger partial charge in [0.1, 0.15) is 0 Å². The van der Waals surface area contributed by atoms with Crippen LogP contribution in [0.2, 0.25) is 0 Å². The second-order valence-corrected chi connectivity index (χ2v) is 8.64. The zero-order chi connectivity index (χ0) is 17.9. The van der Waals surface area contributed by atoms with Crippen LogP contribution >= 0.6 is 0 Å². The molecule has 26 heavy (non-hydrogen) atoms. The third kappa shape index (κ3) is 2.09. The highest BCUT2D eigenvalue weighted by molar-refractivity contribution is 7.92. The Labute approximate surface area is 152 Å². The Hall–Kier alpha value is -2.85. The number of sulfonamides is 1. The molecule has 0 amide bonds. The van der Waals surface area contributed by atoms with Crippen LogP contribution in [0.3, 0.4) is 0 Å². The molecule has 0 unspecified atom stereocenters. The molecule has 1 heterocycles. The molecule has 0 saturated carbocycles. The fraction of sp³-hybridized carbons (Fsp3) is 0.0909. The first kappa shape index (κ1) is 15.4. The summed E-state index contributed by atoms with van der Waals surface area (Å²) in [5.41, 5.74) is 2.87. The Morgan fingerprint density at radius 3 is 2.38 bits per heavy atom. The molecule has 0 N–H and O–H groups in total. The molecule has 1 aliphatic heterocycles. The summed E-state index contributed by atoms with van der Waals surface area (Å²) in [6.45, 7) is 2.32. The second-order valence-electron chi connectivity index (χ2n) is 6.78. The molecule has 4 heteroatoms. The molecule has 4 aromatic rings. The quantitative estimate of drug-likeness (QED) is 0.472. The standard InChI is InChI=1S/C22H17NO2S/c1-15-9-11-18(12-10-15)26(24,25)23-14-17-13-16-5-2-3-6-19(16)20-7-4-8-21(23)22(17)20/h2-13H,14H2,1H3. The van der Waals surface area contributed by atoms with Gasteiger partial charge in [0, 0.05) is 5.39 Å². The van der Waals surface area contributed by atoms with Crippen molar-refractivity contribution in [2.24, 2.45) is 0 Å². The van der Waals surface area contributed by atoms with E-state index in [-0.39, 0.29) is 0 Å². The molecule has 0 fully saturated rings. The number of nitrogens with zero attached hydrogens (tertiary/aromatic N) is 1. The average Bonchev–Trinajstić information content (AvgIpc) is 3.03. The first-order valence-corrected chi connectivity index (χ1v) is 10.0. The summed E-state index contributed by atoms with van der Waals surface area (Å²) in [6, 6.07) is 23.3. The van der Waals surface area contributed by atoms with Crippen molar-refractivity contribution in [2.75, 3.05) is 4.31 Å². The molecule has 0 aliphatic carbocycles. The Bertz CT molecular complexity index is 1280. The van der Waals surface area contributed by atoms with Gasteiger partial charge in [0.15, 0.2) is 0 Å². The molecular formula is C22H17NO2S. The van der Waals surface area contributed by atoms with Crippen molar-refractivity contribution >= 4 is 37.3 Å². The molecule has 0 saturated heterocycles. The smallest absolute Gasteiger partial charge is 0.261 e. The number of hydrogen-bond donors (Lipinski definition) is 0. The van der Waals surface area contributed by atoms with E-state index in [2.05, 4.69) is 24.3 Å². The minimum atomic E-state index is -3.60.